The molecule has 1 aliphatic heterocycles. The SMILES string of the molecule is CNC(c1cc(Cl)c(OC)cc1Cl)C1C(C)OC(C)C1C. The number of hydrogen-bond donors (Lipinski definition) is 1. The molecule has 118 valence electrons. The van der Waals surface area contributed by atoms with Crippen LogP contribution in [0.3, 0.4) is 0 Å². The van der Waals surface area contributed by atoms with Gasteiger partial charge in [0, 0.05) is 23.0 Å². The molecule has 0 aromatic heterocycles. The van der Waals surface area contributed by atoms with E-state index in [1.165, 1.54) is 0 Å². The molecule has 1 aliphatic rings. The second-order valence-corrected chi connectivity index (χ2v) is 6.57. The molecule has 2 rings (SSSR count). The van der Waals surface area contributed by atoms with Crippen molar-refractivity contribution in [2.45, 2.75) is 39.0 Å². The molecule has 1 aromatic carbocycles. The Kier molecular flexibility index (Phi) is 5.42. The van der Waals surface area contributed by atoms with E-state index in [-0.39, 0.29) is 18.2 Å². The second-order valence-electron chi connectivity index (χ2n) is 5.76. The van der Waals surface area contributed by atoms with Crippen LogP contribution in [0, 0.1) is 11.8 Å². The quantitative estimate of drug-likeness (QED) is 0.891. The smallest absolute Gasteiger partial charge is 0.138 e. The molecule has 5 unspecified atom stereocenters. The van der Waals surface area contributed by atoms with Gasteiger partial charge >= 0.3 is 0 Å². The van der Waals surface area contributed by atoms with Crippen LogP contribution in [0.25, 0.3) is 0 Å². The van der Waals surface area contributed by atoms with Crippen LogP contribution >= 0.6 is 23.2 Å². The predicted molar refractivity (Wildman–Crippen MR) is 87.5 cm³/mol. The number of rotatable bonds is 4. The predicted octanol–water partition coefficient (Wildman–Crippen LogP) is 4.32. The zero-order chi connectivity index (χ0) is 15.7. The molecule has 1 fully saturated rings. The van der Waals surface area contributed by atoms with Crippen LogP contribution in [0.1, 0.15) is 32.4 Å². The summed E-state index contributed by atoms with van der Waals surface area (Å²) in [6, 6.07) is 3.76. The number of ether oxygens (including phenoxy) is 2. The standard InChI is InChI=1S/C16H23Cl2NO2/c1-8-9(2)21-10(3)15(8)16(19-4)11-6-13(18)14(20-5)7-12(11)17/h6-10,15-16,19H,1-5H3. The van der Waals surface area contributed by atoms with E-state index in [1.807, 2.05) is 13.1 Å². The van der Waals surface area contributed by atoms with E-state index >= 15 is 0 Å². The first kappa shape index (κ1) is 16.9. The largest absolute Gasteiger partial charge is 0.495 e. The lowest BCUT2D eigenvalue weighted by atomic mass is 9.80. The highest BCUT2D eigenvalue weighted by molar-refractivity contribution is 6.34. The molecule has 0 bridgehead atoms. The van der Waals surface area contributed by atoms with Crippen LogP contribution in [0.5, 0.6) is 5.75 Å². The van der Waals surface area contributed by atoms with E-state index in [9.17, 15) is 0 Å². The normalized spacial score (nSPS) is 30.4. The maximum absolute atomic E-state index is 6.44. The molecule has 5 atom stereocenters. The van der Waals surface area contributed by atoms with E-state index in [2.05, 4.69) is 26.1 Å². The molecule has 1 heterocycles. The van der Waals surface area contributed by atoms with Gasteiger partial charge in [-0.15, -0.1) is 0 Å². The van der Waals surface area contributed by atoms with Crippen molar-refractivity contribution in [3.05, 3.63) is 27.7 Å². The van der Waals surface area contributed by atoms with Gasteiger partial charge in [-0.1, -0.05) is 30.1 Å². The van der Waals surface area contributed by atoms with Crippen molar-refractivity contribution in [3.63, 3.8) is 0 Å². The molecule has 1 saturated heterocycles. The number of halogens is 2. The van der Waals surface area contributed by atoms with Gasteiger partial charge in [-0.2, -0.15) is 0 Å². The summed E-state index contributed by atoms with van der Waals surface area (Å²) in [6.45, 7) is 6.47. The molecule has 0 amide bonds. The minimum Gasteiger partial charge on any atom is -0.495 e. The van der Waals surface area contributed by atoms with Crippen LogP contribution in [-0.4, -0.2) is 26.4 Å². The van der Waals surface area contributed by atoms with Gasteiger partial charge in [0.25, 0.3) is 0 Å². The van der Waals surface area contributed by atoms with Crippen LogP contribution in [-0.2, 0) is 4.74 Å². The Hall–Kier alpha value is -0.480. The minimum atomic E-state index is 0.0934. The van der Waals surface area contributed by atoms with Gasteiger partial charge in [0.2, 0.25) is 0 Å². The monoisotopic (exact) mass is 331 g/mol. The van der Waals surface area contributed by atoms with Crippen LogP contribution in [0.4, 0.5) is 0 Å². The summed E-state index contributed by atoms with van der Waals surface area (Å²) in [6.07, 6.45) is 0.415. The summed E-state index contributed by atoms with van der Waals surface area (Å²) in [7, 11) is 3.53. The first-order valence-corrected chi connectivity index (χ1v) is 8.02. The third-order valence-electron chi connectivity index (χ3n) is 4.62. The number of benzene rings is 1. The molecular formula is C16H23Cl2NO2. The maximum atomic E-state index is 6.44. The van der Waals surface area contributed by atoms with Crippen LogP contribution in [0.15, 0.2) is 12.1 Å². The fourth-order valence-corrected chi connectivity index (χ4v) is 3.88. The molecule has 0 aliphatic carbocycles. The van der Waals surface area contributed by atoms with E-state index in [0.29, 0.717) is 27.6 Å². The number of methoxy groups -OCH3 is 1. The highest BCUT2D eigenvalue weighted by Gasteiger charge is 2.42. The molecule has 1 aromatic rings. The highest BCUT2D eigenvalue weighted by atomic mass is 35.5. The first-order valence-electron chi connectivity index (χ1n) is 7.26. The topological polar surface area (TPSA) is 30.5 Å². The summed E-state index contributed by atoms with van der Waals surface area (Å²) >= 11 is 12.7. The summed E-state index contributed by atoms with van der Waals surface area (Å²) in [5, 5.41) is 4.62. The van der Waals surface area contributed by atoms with Crippen LogP contribution in [0.2, 0.25) is 10.0 Å². The number of nitrogens with one attached hydrogen (secondary N) is 1. The Bertz CT molecular complexity index is 509. The maximum Gasteiger partial charge on any atom is 0.138 e. The average Bonchev–Trinajstić information content (AvgIpc) is 2.69. The van der Waals surface area contributed by atoms with E-state index < -0.39 is 0 Å². The molecule has 1 N–H and O–H groups in total. The highest BCUT2D eigenvalue weighted by Crippen LogP contribution is 2.43. The van der Waals surface area contributed by atoms with Gasteiger partial charge in [0.1, 0.15) is 5.75 Å². The van der Waals surface area contributed by atoms with Gasteiger partial charge in [-0.3, -0.25) is 0 Å². The third kappa shape index (κ3) is 3.16. The Morgan fingerprint density at radius 2 is 1.81 bits per heavy atom. The Morgan fingerprint density at radius 1 is 1.14 bits per heavy atom. The van der Waals surface area contributed by atoms with E-state index in [0.717, 1.165) is 5.56 Å². The molecular weight excluding hydrogens is 309 g/mol. The Balaban J connectivity index is 2.40. The first-order chi connectivity index (χ1) is 9.90. The van der Waals surface area contributed by atoms with Gasteiger partial charge in [0.15, 0.2) is 0 Å². The zero-order valence-electron chi connectivity index (χ0n) is 13.1. The van der Waals surface area contributed by atoms with Gasteiger partial charge in [-0.05, 0) is 38.4 Å². The summed E-state index contributed by atoms with van der Waals surface area (Å²) in [5.74, 6) is 1.37. The summed E-state index contributed by atoms with van der Waals surface area (Å²) in [4.78, 5) is 0. The lowest BCUT2D eigenvalue weighted by Crippen LogP contribution is -2.33. The average molecular weight is 332 g/mol. The van der Waals surface area contributed by atoms with Gasteiger partial charge in [-0.25, -0.2) is 0 Å². The van der Waals surface area contributed by atoms with E-state index in [4.69, 9.17) is 32.7 Å². The van der Waals surface area contributed by atoms with Crippen molar-refractivity contribution >= 4 is 23.2 Å². The molecule has 5 heteroatoms. The molecule has 0 spiro atoms. The van der Waals surface area contributed by atoms with Crippen molar-refractivity contribution in [1.29, 1.82) is 0 Å². The number of hydrogen-bond acceptors (Lipinski definition) is 3. The van der Waals surface area contributed by atoms with Crippen LogP contribution < -0.4 is 10.1 Å². The third-order valence-corrected chi connectivity index (χ3v) is 5.24. The molecule has 0 radical (unpaired) electrons. The van der Waals surface area contributed by atoms with E-state index in [1.54, 1.807) is 13.2 Å². The van der Waals surface area contributed by atoms with Crippen molar-refractivity contribution in [3.8, 4) is 5.75 Å². The van der Waals surface area contributed by atoms with Gasteiger partial charge in [0.05, 0.1) is 24.3 Å². The summed E-state index contributed by atoms with van der Waals surface area (Å²) in [5.41, 5.74) is 0.992. The van der Waals surface area contributed by atoms with Crippen molar-refractivity contribution in [2.75, 3.05) is 14.2 Å². The van der Waals surface area contributed by atoms with Crippen molar-refractivity contribution in [1.82, 2.24) is 5.32 Å². The summed E-state index contributed by atoms with van der Waals surface area (Å²) < 4.78 is 11.2. The van der Waals surface area contributed by atoms with Crippen molar-refractivity contribution < 1.29 is 9.47 Å². The minimum absolute atomic E-state index is 0.0934. The fourth-order valence-electron chi connectivity index (χ4n) is 3.36. The van der Waals surface area contributed by atoms with Gasteiger partial charge < -0.3 is 14.8 Å². The Morgan fingerprint density at radius 3 is 2.29 bits per heavy atom. The zero-order valence-corrected chi connectivity index (χ0v) is 14.6. The molecule has 0 saturated carbocycles. The molecule has 21 heavy (non-hydrogen) atoms. The Labute approximate surface area is 136 Å². The second kappa shape index (κ2) is 6.74. The fraction of sp³-hybridized carbons (Fsp3) is 0.625. The molecule has 3 nitrogen and oxygen atoms in total. The van der Waals surface area contributed by atoms with Crippen molar-refractivity contribution in [2.24, 2.45) is 11.8 Å². The lowest BCUT2D eigenvalue weighted by Gasteiger charge is -2.30. The lowest BCUT2D eigenvalue weighted by molar-refractivity contribution is 0.0478.